The molecule has 138 valence electrons. The molecule has 0 aliphatic heterocycles. The molecule has 1 amide bonds. The summed E-state index contributed by atoms with van der Waals surface area (Å²) in [6.07, 6.45) is 2.50. The zero-order chi connectivity index (χ0) is 19.4. The van der Waals surface area contributed by atoms with Crippen LogP contribution in [0.5, 0.6) is 0 Å². The van der Waals surface area contributed by atoms with Crippen molar-refractivity contribution in [3.05, 3.63) is 59.5 Å². The number of ether oxygens (including phenoxy) is 2. The molecule has 0 saturated carbocycles. The Morgan fingerprint density at radius 2 is 1.85 bits per heavy atom. The maximum absolute atomic E-state index is 12.1. The molecule has 0 atom stereocenters. The predicted octanol–water partition coefficient (Wildman–Crippen LogP) is 1.43. The van der Waals surface area contributed by atoms with Crippen LogP contribution in [0.3, 0.4) is 0 Å². The maximum atomic E-state index is 12.1. The van der Waals surface area contributed by atoms with Crippen molar-refractivity contribution >= 4 is 34.8 Å². The van der Waals surface area contributed by atoms with Crippen LogP contribution in [-0.4, -0.2) is 43.8 Å². The van der Waals surface area contributed by atoms with Gasteiger partial charge in [-0.2, -0.15) is 0 Å². The second-order valence-corrected chi connectivity index (χ2v) is 5.54. The number of benzene rings is 1. The van der Waals surface area contributed by atoms with E-state index in [4.69, 9.17) is 0 Å². The van der Waals surface area contributed by atoms with Crippen LogP contribution in [0.15, 0.2) is 59.0 Å². The molecule has 1 rings (SSSR count). The van der Waals surface area contributed by atoms with E-state index >= 15 is 0 Å². The van der Waals surface area contributed by atoms with Crippen LogP contribution >= 0.6 is 11.8 Å². The van der Waals surface area contributed by atoms with E-state index < -0.39 is 17.8 Å². The van der Waals surface area contributed by atoms with Gasteiger partial charge < -0.3 is 9.47 Å². The molecule has 2 N–H and O–H groups in total. The lowest BCUT2D eigenvalue weighted by Crippen LogP contribution is -2.40. The lowest BCUT2D eigenvalue weighted by atomic mass is 10.2. The summed E-state index contributed by atoms with van der Waals surface area (Å²) in [6.45, 7) is 3.78. The highest BCUT2D eigenvalue weighted by Gasteiger charge is 2.17. The fourth-order valence-electron chi connectivity index (χ4n) is 1.52. The van der Waals surface area contributed by atoms with Gasteiger partial charge in [0.25, 0.3) is 5.91 Å². The Bertz CT molecular complexity index is 716. The van der Waals surface area contributed by atoms with Crippen molar-refractivity contribution in [2.24, 2.45) is 4.99 Å². The summed E-state index contributed by atoms with van der Waals surface area (Å²) in [5, 5.41) is 0.162. The molecule has 0 radical (unpaired) electrons. The van der Waals surface area contributed by atoms with Gasteiger partial charge >= 0.3 is 11.9 Å². The molecular formula is C17H19N3O5S. The van der Waals surface area contributed by atoms with Crippen molar-refractivity contribution in [1.82, 2.24) is 10.9 Å². The van der Waals surface area contributed by atoms with Crippen molar-refractivity contribution in [2.75, 3.05) is 20.8 Å². The van der Waals surface area contributed by atoms with Gasteiger partial charge in [-0.1, -0.05) is 24.3 Å². The highest BCUT2D eigenvalue weighted by Crippen LogP contribution is 2.18. The Morgan fingerprint density at radius 1 is 1.15 bits per heavy atom. The minimum absolute atomic E-state index is 0.0661. The number of hydrogen-bond acceptors (Lipinski definition) is 7. The zero-order valence-electron chi connectivity index (χ0n) is 14.4. The molecule has 0 unspecified atom stereocenters. The number of nitrogens with one attached hydrogen (secondary N) is 2. The number of methoxy groups -OCH3 is 2. The summed E-state index contributed by atoms with van der Waals surface area (Å²) in [5.41, 5.74) is 5.52. The first-order valence-electron chi connectivity index (χ1n) is 7.34. The second kappa shape index (κ2) is 11.5. The number of esters is 2. The van der Waals surface area contributed by atoms with Crippen LogP contribution in [0.2, 0.25) is 0 Å². The minimum atomic E-state index is -0.747. The van der Waals surface area contributed by atoms with Crippen molar-refractivity contribution in [1.29, 1.82) is 0 Å². The molecule has 0 aliphatic rings. The maximum Gasteiger partial charge on any atom is 0.345 e. The van der Waals surface area contributed by atoms with Gasteiger partial charge in [0, 0.05) is 11.6 Å². The molecule has 0 aromatic heterocycles. The molecule has 0 saturated heterocycles. The van der Waals surface area contributed by atoms with Gasteiger partial charge in [-0.25, -0.2) is 9.59 Å². The average Bonchev–Trinajstić information content (AvgIpc) is 2.68. The third-order valence-corrected chi connectivity index (χ3v) is 3.66. The number of hydrogen-bond donors (Lipinski definition) is 2. The molecule has 1 aromatic rings. The molecule has 0 aliphatic carbocycles. The normalized spacial score (nSPS) is 11.3. The van der Waals surface area contributed by atoms with E-state index in [1.54, 1.807) is 30.3 Å². The van der Waals surface area contributed by atoms with E-state index in [-0.39, 0.29) is 16.6 Å². The average molecular weight is 377 g/mol. The molecule has 0 heterocycles. The molecule has 0 spiro atoms. The number of hydrazine groups is 1. The van der Waals surface area contributed by atoms with E-state index in [1.165, 1.54) is 20.3 Å². The van der Waals surface area contributed by atoms with E-state index in [1.807, 2.05) is 0 Å². The first-order valence-corrected chi connectivity index (χ1v) is 8.16. The number of amidine groups is 1. The van der Waals surface area contributed by atoms with Gasteiger partial charge in [-0.15, -0.1) is 6.58 Å². The van der Waals surface area contributed by atoms with Crippen LogP contribution in [0.1, 0.15) is 10.4 Å². The van der Waals surface area contributed by atoms with Crippen LogP contribution < -0.4 is 10.9 Å². The van der Waals surface area contributed by atoms with Crippen LogP contribution in [0.25, 0.3) is 0 Å². The molecular weight excluding hydrogens is 358 g/mol. The van der Waals surface area contributed by atoms with Crippen LogP contribution in [0.4, 0.5) is 0 Å². The quantitative estimate of drug-likeness (QED) is 0.193. The zero-order valence-corrected chi connectivity index (χ0v) is 15.2. The number of nitrogens with zero attached hydrogens (tertiary/aromatic N) is 1. The summed E-state index contributed by atoms with van der Waals surface area (Å²) in [7, 11) is 2.36. The fourth-order valence-corrected chi connectivity index (χ4v) is 2.29. The molecule has 1 aromatic carbocycles. The Kier molecular flexibility index (Phi) is 9.26. The summed E-state index contributed by atoms with van der Waals surface area (Å²) < 4.78 is 9.14. The molecule has 0 bridgehead atoms. The highest BCUT2D eigenvalue weighted by molar-refractivity contribution is 8.17. The van der Waals surface area contributed by atoms with Gasteiger partial charge in [0.2, 0.25) is 0 Å². The van der Waals surface area contributed by atoms with E-state index in [0.717, 1.165) is 17.8 Å². The number of carbonyl (C=O) groups excluding carboxylic acids is 3. The van der Waals surface area contributed by atoms with E-state index in [0.29, 0.717) is 5.56 Å². The lowest BCUT2D eigenvalue weighted by Gasteiger charge is -2.12. The first-order chi connectivity index (χ1) is 12.5. The van der Waals surface area contributed by atoms with E-state index in [9.17, 15) is 14.4 Å². The van der Waals surface area contributed by atoms with Crippen molar-refractivity contribution in [3.8, 4) is 0 Å². The summed E-state index contributed by atoms with van der Waals surface area (Å²) in [6, 6.07) is 8.52. The number of aliphatic imine (C=N–C) groups is 1. The van der Waals surface area contributed by atoms with Crippen molar-refractivity contribution in [2.45, 2.75) is 0 Å². The lowest BCUT2D eigenvalue weighted by molar-refractivity contribution is -0.137. The van der Waals surface area contributed by atoms with Crippen molar-refractivity contribution < 1.29 is 23.9 Å². The van der Waals surface area contributed by atoms with Gasteiger partial charge in [-0.3, -0.25) is 20.6 Å². The van der Waals surface area contributed by atoms with Gasteiger partial charge in [0.1, 0.15) is 4.91 Å². The Balaban J connectivity index is 2.89. The topological polar surface area (TPSA) is 106 Å². The molecule has 8 nitrogen and oxygen atoms in total. The van der Waals surface area contributed by atoms with Gasteiger partial charge in [0.05, 0.1) is 20.8 Å². The largest absolute Gasteiger partial charge is 0.466 e. The number of amides is 1. The molecule has 0 fully saturated rings. The summed E-state index contributed by atoms with van der Waals surface area (Å²) in [4.78, 5) is 39.4. The van der Waals surface area contributed by atoms with Gasteiger partial charge in [0.15, 0.2) is 5.17 Å². The summed E-state index contributed by atoms with van der Waals surface area (Å²) >= 11 is 0.805. The number of thioether (sulfide) groups is 1. The third-order valence-electron chi connectivity index (χ3n) is 2.73. The molecule has 26 heavy (non-hydrogen) atoms. The molecule has 9 heteroatoms. The monoisotopic (exact) mass is 377 g/mol. The van der Waals surface area contributed by atoms with Crippen LogP contribution in [0, 0.1) is 0 Å². The SMILES string of the molecule is C=CCN=C(NNC(=O)c1ccccc1)S/C(=C/C(=O)OC)C(=O)OC. The fraction of sp³-hybridized carbons (Fsp3) is 0.176. The Hall–Kier alpha value is -3.07. The Morgan fingerprint density at radius 3 is 2.42 bits per heavy atom. The highest BCUT2D eigenvalue weighted by atomic mass is 32.2. The smallest absolute Gasteiger partial charge is 0.345 e. The predicted molar refractivity (Wildman–Crippen MR) is 99.2 cm³/mol. The minimum Gasteiger partial charge on any atom is -0.466 e. The Labute approximate surface area is 155 Å². The van der Waals surface area contributed by atoms with Gasteiger partial charge in [-0.05, 0) is 23.9 Å². The summed E-state index contributed by atoms with van der Waals surface area (Å²) in [5.74, 6) is -1.87. The third kappa shape index (κ3) is 7.22. The van der Waals surface area contributed by atoms with Crippen molar-refractivity contribution in [3.63, 3.8) is 0 Å². The number of carbonyl (C=O) groups is 3. The second-order valence-electron chi connectivity index (χ2n) is 4.51. The van der Waals surface area contributed by atoms with E-state index in [2.05, 4.69) is 31.9 Å². The number of rotatable bonds is 6. The first kappa shape index (κ1) is 21.0. The standard InChI is InChI=1S/C17H19N3O5S/c1-4-10-18-17(20-19-15(22)12-8-6-5-7-9-12)26-13(16(23)25-3)11-14(21)24-2/h4-9,11H,1,10H2,2-3H3,(H,18,20)(H,19,22)/b13-11+. The van der Waals surface area contributed by atoms with Crippen LogP contribution in [-0.2, 0) is 19.1 Å².